The van der Waals surface area contributed by atoms with Gasteiger partial charge in [0.1, 0.15) is 23.3 Å². The van der Waals surface area contributed by atoms with E-state index in [1.54, 1.807) is 0 Å². The van der Waals surface area contributed by atoms with E-state index in [-0.39, 0.29) is 0 Å². The van der Waals surface area contributed by atoms with Gasteiger partial charge in [-0.15, -0.1) is 0 Å². The third-order valence-corrected chi connectivity index (χ3v) is 2.58. The molecule has 0 spiro atoms. The molecule has 1 unspecified atom stereocenters. The van der Waals surface area contributed by atoms with Gasteiger partial charge in [0.05, 0.1) is 6.04 Å². The Balaban J connectivity index is 2.46. The van der Waals surface area contributed by atoms with Crippen LogP contribution in [0.1, 0.15) is 17.2 Å². The first kappa shape index (κ1) is 12.6. The van der Waals surface area contributed by atoms with Crippen molar-refractivity contribution < 1.29 is 17.6 Å². The molecule has 0 saturated heterocycles. The maximum Gasteiger partial charge on any atom is 0.134 e. The van der Waals surface area contributed by atoms with E-state index in [1.165, 1.54) is 12.1 Å². The van der Waals surface area contributed by atoms with Crippen LogP contribution in [-0.4, -0.2) is 0 Å². The van der Waals surface area contributed by atoms with Gasteiger partial charge in [-0.05, 0) is 17.7 Å². The van der Waals surface area contributed by atoms with E-state index in [0.29, 0.717) is 17.7 Å². The second kappa shape index (κ2) is 4.78. The van der Waals surface area contributed by atoms with Crippen molar-refractivity contribution in [3.05, 3.63) is 70.8 Å². The molecule has 0 bridgehead atoms. The number of hydrogen-bond acceptors (Lipinski definition) is 1. The predicted molar refractivity (Wildman–Crippen MR) is 58.7 cm³/mol. The number of hydrogen-bond donors (Lipinski definition) is 1. The Morgan fingerprint density at radius 3 is 1.78 bits per heavy atom. The predicted octanol–water partition coefficient (Wildman–Crippen LogP) is 3.29. The summed E-state index contributed by atoms with van der Waals surface area (Å²) < 4.78 is 52.5. The van der Waals surface area contributed by atoms with Gasteiger partial charge in [0.2, 0.25) is 0 Å². The van der Waals surface area contributed by atoms with Gasteiger partial charge in [0.15, 0.2) is 0 Å². The van der Waals surface area contributed by atoms with Crippen LogP contribution in [0.5, 0.6) is 0 Å². The monoisotopic (exact) mass is 255 g/mol. The Bertz CT molecular complexity index is 543. The molecule has 5 heteroatoms. The molecule has 0 radical (unpaired) electrons. The lowest BCUT2D eigenvalue weighted by atomic mass is 9.98. The molecule has 0 fully saturated rings. The van der Waals surface area contributed by atoms with E-state index in [9.17, 15) is 17.6 Å². The summed E-state index contributed by atoms with van der Waals surface area (Å²) in [4.78, 5) is 0. The minimum Gasteiger partial charge on any atom is -0.320 e. The molecule has 0 aliphatic carbocycles. The van der Waals surface area contributed by atoms with Gasteiger partial charge in [-0.25, -0.2) is 17.6 Å². The Kier molecular flexibility index (Phi) is 3.34. The van der Waals surface area contributed by atoms with Gasteiger partial charge in [0, 0.05) is 17.7 Å². The van der Waals surface area contributed by atoms with E-state index in [2.05, 4.69) is 0 Å². The van der Waals surface area contributed by atoms with Gasteiger partial charge in [-0.2, -0.15) is 0 Å². The molecule has 0 aromatic heterocycles. The summed E-state index contributed by atoms with van der Waals surface area (Å²) in [5, 5.41) is 0. The maximum atomic E-state index is 13.5. The van der Waals surface area contributed by atoms with Gasteiger partial charge in [-0.1, -0.05) is 12.1 Å². The molecule has 1 nitrogen and oxygen atoms in total. The first-order chi connectivity index (χ1) is 8.49. The summed E-state index contributed by atoms with van der Waals surface area (Å²) in [7, 11) is 0. The standard InChI is InChI=1S/C13H9F4N/c14-8-3-1-7(2-4-8)13(18)12-10(16)5-9(15)6-11(12)17/h1-6,13H,18H2. The summed E-state index contributed by atoms with van der Waals surface area (Å²) in [5.74, 6) is -3.63. The highest BCUT2D eigenvalue weighted by atomic mass is 19.1. The van der Waals surface area contributed by atoms with Crippen LogP contribution in [-0.2, 0) is 0 Å². The second-order valence-corrected chi connectivity index (χ2v) is 3.81. The zero-order valence-corrected chi connectivity index (χ0v) is 9.13. The molecular formula is C13H9F4N. The first-order valence-corrected chi connectivity index (χ1v) is 5.14. The molecule has 94 valence electrons. The van der Waals surface area contributed by atoms with Crippen LogP contribution in [0.25, 0.3) is 0 Å². The van der Waals surface area contributed by atoms with E-state index in [0.717, 1.165) is 12.1 Å². The fourth-order valence-electron chi connectivity index (χ4n) is 1.69. The van der Waals surface area contributed by atoms with Crippen molar-refractivity contribution in [1.82, 2.24) is 0 Å². The molecule has 2 rings (SSSR count). The highest BCUT2D eigenvalue weighted by Gasteiger charge is 2.19. The highest BCUT2D eigenvalue weighted by molar-refractivity contribution is 5.33. The zero-order valence-electron chi connectivity index (χ0n) is 9.13. The van der Waals surface area contributed by atoms with Crippen molar-refractivity contribution in [2.24, 2.45) is 5.73 Å². The van der Waals surface area contributed by atoms with Crippen molar-refractivity contribution in [1.29, 1.82) is 0 Å². The summed E-state index contributed by atoms with van der Waals surface area (Å²) in [6.07, 6.45) is 0. The van der Waals surface area contributed by atoms with Gasteiger partial charge in [0.25, 0.3) is 0 Å². The summed E-state index contributed by atoms with van der Waals surface area (Å²) in [5.41, 5.74) is 5.59. The normalized spacial score (nSPS) is 12.5. The van der Waals surface area contributed by atoms with Crippen molar-refractivity contribution in [3.8, 4) is 0 Å². The molecule has 2 N–H and O–H groups in total. The van der Waals surface area contributed by atoms with E-state index < -0.39 is 34.9 Å². The molecule has 2 aromatic rings. The third kappa shape index (κ3) is 2.36. The Morgan fingerprint density at radius 1 is 0.778 bits per heavy atom. The molecule has 0 aliphatic heterocycles. The lowest BCUT2D eigenvalue weighted by molar-refractivity contribution is 0.515. The lowest BCUT2D eigenvalue weighted by Crippen LogP contribution is -2.16. The average Bonchev–Trinajstić information content (AvgIpc) is 2.28. The average molecular weight is 255 g/mol. The van der Waals surface area contributed by atoms with Crippen LogP contribution in [0.3, 0.4) is 0 Å². The minimum absolute atomic E-state index is 0.334. The molecule has 2 aromatic carbocycles. The lowest BCUT2D eigenvalue weighted by Gasteiger charge is -2.14. The van der Waals surface area contributed by atoms with Gasteiger partial charge < -0.3 is 5.73 Å². The number of nitrogens with two attached hydrogens (primary N) is 1. The van der Waals surface area contributed by atoms with E-state index in [1.807, 2.05) is 0 Å². The van der Waals surface area contributed by atoms with Crippen molar-refractivity contribution in [3.63, 3.8) is 0 Å². The van der Waals surface area contributed by atoms with Crippen LogP contribution >= 0.6 is 0 Å². The molecule has 0 saturated carbocycles. The molecule has 18 heavy (non-hydrogen) atoms. The third-order valence-electron chi connectivity index (χ3n) is 2.58. The van der Waals surface area contributed by atoms with Crippen molar-refractivity contribution in [2.45, 2.75) is 6.04 Å². The van der Waals surface area contributed by atoms with Crippen LogP contribution in [0, 0.1) is 23.3 Å². The Hall–Kier alpha value is -1.88. The quantitative estimate of drug-likeness (QED) is 0.819. The summed E-state index contributed by atoms with van der Waals surface area (Å²) in [6.45, 7) is 0. The molecule has 1 atom stereocenters. The largest absolute Gasteiger partial charge is 0.320 e. The van der Waals surface area contributed by atoms with Crippen molar-refractivity contribution in [2.75, 3.05) is 0 Å². The molecule has 0 aliphatic rings. The Labute approximate surface area is 101 Å². The number of benzene rings is 2. The number of rotatable bonds is 2. The Morgan fingerprint density at radius 2 is 1.28 bits per heavy atom. The fourth-order valence-corrected chi connectivity index (χ4v) is 1.69. The summed E-state index contributed by atoms with van der Waals surface area (Å²) >= 11 is 0. The second-order valence-electron chi connectivity index (χ2n) is 3.81. The first-order valence-electron chi connectivity index (χ1n) is 5.14. The number of halogens is 4. The van der Waals surface area contributed by atoms with E-state index in [4.69, 9.17) is 5.73 Å². The fraction of sp³-hybridized carbons (Fsp3) is 0.0769. The molecule has 0 heterocycles. The van der Waals surface area contributed by atoms with Crippen LogP contribution in [0.15, 0.2) is 36.4 Å². The molecular weight excluding hydrogens is 246 g/mol. The maximum absolute atomic E-state index is 13.5. The molecule has 0 amide bonds. The van der Waals surface area contributed by atoms with E-state index >= 15 is 0 Å². The van der Waals surface area contributed by atoms with Crippen LogP contribution in [0.4, 0.5) is 17.6 Å². The highest BCUT2D eigenvalue weighted by Crippen LogP contribution is 2.25. The smallest absolute Gasteiger partial charge is 0.134 e. The van der Waals surface area contributed by atoms with Crippen LogP contribution in [0.2, 0.25) is 0 Å². The summed E-state index contributed by atoms with van der Waals surface area (Å²) in [6, 6.07) is 4.91. The van der Waals surface area contributed by atoms with Gasteiger partial charge in [-0.3, -0.25) is 0 Å². The van der Waals surface area contributed by atoms with Gasteiger partial charge >= 0.3 is 0 Å². The topological polar surface area (TPSA) is 26.0 Å². The zero-order chi connectivity index (χ0) is 13.3. The van der Waals surface area contributed by atoms with Crippen LogP contribution < -0.4 is 5.73 Å². The SMILES string of the molecule is NC(c1ccc(F)cc1)c1c(F)cc(F)cc1F. The minimum atomic E-state index is -1.12. The van der Waals surface area contributed by atoms with Crippen molar-refractivity contribution >= 4 is 0 Å².